The van der Waals surface area contributed by atoms with Crippen molar-refractivity contribution < 1.29 is 14.3 Å². The summed E-state index contributed by atoms with van der Waals surface area (Å²) in [5, 5.41) is 1.17. The Morgan fingerprint density at radius 2 is 2.15 bits per heavy atom. The smallest absolute Gasteiger partial charge is 0.321 e. The zero-order chi connectivity index (χ0) is 17.8. The zero-order valence-electron chi connectivity index (χ0n) is 14.4. The standard InChI is InChI=1S/C20H19IN2O3/c1-2-20-14(21)12-9-19(18(25)26-20)15-11(7-8-23(16(12)24)17(19)20)10-5-3-4-6-13(10)22-15/h3-6,12,14,17,22H,2,7-9H2,1H3. The van der Waals surface area contributed by atoms with Crippen LogP contribution in [0, 0.1) is 5.92 Å². The first-order valence-electron chi connectivity index (χ1n) is 9.32. The zero-order valence-corrected chi connectivity index (χ0v) is 16.6. The highest BCUT2D eigenvalue weighted by Gasteiger charge is 2.79. The van der Waals surface area contributed by atoms with Crippen molar-refractivity contribution in [2.75, 3.05) is 6.54 Å². The molecule has 1 amide bonds. The number of para-hydroxylation sites is 1. The summed E-state index contributed by atoms with van der Waals surface area (Å²) in [5.41, 5.74) is 1.97. The number of aromatic amines is 1. The summed E-state index contributed by atoms with van der Waals surface area (Å²) in [4.78, 5) is 32.1. The van der Waals surface area contributed by atoms with Crippen LogP contribution in [0.2, 0.25) is 0 Å². The van der Waals surface area contributed by atoms with Gasteiger partial charge < -0.3 is 14.6 Å². The van der Waals surface area contributed by atoms with Crippen LogP contribution in [-0.2, 0) is 26.2 Å². The number of nitrogens with zero attached hydrogens (tertiary/aromatic N) is 1. The van der Waals surface area contributed by atoms with Crippen molar-refractivity contribution in [3.05, 3.63) is 35.5 Å². The molecule has 1 aliphatic carbocycles. The average molecular weight is 462 g/mol. The summed E-state index contributed by atoms with van der Waals surface area (Å²) in [6.45, 7) is 2.75. The largest absolute Gasteiger partial charge is 0.455 e. The van der Waals surface area contributed by atoms with Gasteiger partial charge in [0.15, 0.2) is 0 Å². The number of nitrogens with one attached hydrogen (secondary N) is 1. The number of hydrogen-bond donors (Lipinski definition) is 1. The highest BCUT2D eigenvalue weighted by atomic mass is 127. The van der Waals surface area contributed by atoms with E-state index < -0.39 is 11.0 Å². The van der Waals surface area contributed by atoms with Gasteiger partial charge in [0.1, 0.15) is 11.0 Å². The molecular formula is C20H19IN2O3. The van der Waals surface area contributed by atoms with Gasteiger partial charge in [-0.2, -0.15) is 0 Å². The summed E-state index contributed by atoms with van der Waals surface area (Å²) in [5.74, 6) is -0.0769. The van der Waals surface area contributed by atoms with Gasteiger partial charge in [-0.15, -0.1) is 0 Å². The molecule has 134 valence electrons. The van der Waals surface area contributed by atoms with Gasteiger partial charge >= 0.3 is 5.97 Å². The van der Waals surface area contributed by atoms with E-state index in [1.165, 1.54) is 10.9 Å². The summed E-state index contributed by atoms with van der Waals surface area (Å²) in [6.07, 6.45) is 2.10. The molecule has 5 aliphatic rings. The third-order valence-corrected chi connectivity index (χ3v) is 9.19. The number of ether oxygens (including phenoxy) is 1. The van der Waals surface area contributed by atoms with Gasteiger partial charge in [-0.25, -0.2) is 0 Å². The number of halogens is 1. The number of amides is 1. The molecule has 1 aromatic heterocycles. The molecule has 0 radical (unpaired) electrons. The first kappa shape index (κ1) is 15.5. The molecule has 5 bridgehead atoms. The Bertz CT molecular complexity index is 1000. The first-order chi connectivity index (χ1) is 12.5. The van der Waals surface area contributed by atoms with Gasteiger partial charge in [0.25, 0.3) is 0 Å². The van der Waals surface area contributed by atoms with E-state index in [4.69, 9.17) is 4.74 Å². The molecule has 4 fully saturated rings. The molecule has 5 atom stereocenters. The SMILES string of the molecule is CCC12OC(=O)C34CC(C(=O)N(CCc5c3[nH]c3ccccc53)C41)C2I. The van der Waals surface area contributed by atoms with Crippen molar-refractivity contribution in [1.29, 1.82) is 0 Å². The minimum Gasteiger partial charge on any atom is -0.455 e. The summed E-state index contributed by atoms with van der Waals surface area (Å²) in [7, 11) is 0. The molecule has 5 nitrogen and oxygen atoms in total. The molecule has 26 heavy (non-hydrogen) atoms. The maximum absolute atomic E-state index is 13.4. The number of piperidine rings is 2. The third-order valence-electron chi connectivity index (χ3n) is 7.27. The molecule has 1 N–H and O–H groups in total. The number of hydrogen-bond acceptors (Lipinski definition) is 3. The summed E-state index contributed by atoms with van der Waals surface area (Å²) < 4.78 is 6.22. The lowest BCUT2D eigenvalue weighted by Gasteiger charge is -2.57. The van der Waals surface area contributed by atoms with Crippen molar-refractivity contribution in [3.8, 4) is 0 Å². The number of H-pyrrole nitrogens is 1. The predicted octanol–water partition coefficient (Wildman–Crippen LogP) is 2.70. The highest BCUT2D eigenvalue weighted by molar-refractivity contribution is 14.1. The lowest BCUT2D eigenvalue weighted by molar-refractivity contribution is -0.165. The van der Waals surface area contributed by atoms with Crippen molar-refractivity contribution >= 4 is 45.4 Å². The number of alkyl halides is 1. The van der Waals surface area contributed by atoms with E-state index in [2.05, 4.69) is 46.6 Å². The van der Waals surface area contributed by atoms with Crippen LogP contribution in [-0.4, -0.2) is 43.9 Å². The predicted molar refractivity (Wildman–Crippen MR) is 104 cm³/mol. The van der Waals surface area contributed by atoms with Crippen LogP contribution in [0.4, 0.5) is 0 Å². The van der Waals surface area contributed by atoms with Crippen molar-refractivity contribution in [3.63, 3.8) is 0 Å². The molecule has 3 saturated heterocycles. The average Bonchev–Trinajstić information content (AvgIpc) is 3.08. The number of fused-ring (bicyclic) bond motifs is 3. The molecule has 6 heteroatoms. The van der Waals surface area contributed by atoms with Gasteiger partial charge in [-0.1, -0.05) is 47.7 Å². The number of esters is 1. The second kappa shape index (κ2) is 4.64. The normalized spacial score (nSPS) is 39.9. The maximum Gasteiger partial charge on any atom is 0.321 e. The van der Waals surface area contributed by atoms with Crippen LogP contribution in [0.5, 0.6) is 0 Å². The number of rotatable bonds is 1. The molecule has 1 aromatic carbocycles. The Morgan fingerprint density at radius 3 is 2.96 bits per heavy atom. The fourth-order valence-electron chi connectivity index (χ4n) is 6.24. The Kier molecular flexibility index (Phi) is 2.76. The molecular weight excluding hydrogens is 443 g/mol. The lowest BCUT2D eigenvalue weighted by atomic mass is 9.56. The lowest BCUT2D eigenvalue weighted by Crippen LogP contribution is -2.74. The number of benzene rings is 1. The van der Waals surface area contributed by atoms with Crippen molar-refractivity contribution in [2.24, 2.45) is 5.92 Å². The Morgan fingerprint density at radius 1 is 1.35 bits per heavy atom. The van der Waals surface area contributed by atoms with Crippen LogP contribution < -0.4 is 0 Å². The summed E-state index contributed by atoms with van der Waals surface area (Å²) >= 11 is 2.36. The van der Waals surface area contributed by atoms with Gasteiger partial charge in [0.05, 0.1) is 15.9 Å². The molecule has 0 spiro atoms. The minimum atomic E-state index is -0.735. The summed E-state index contributed by atoms with van der Waals surface area (Å²) in [6, 6.07) is 8.04. The van der Waals surface area contributed by atoms with Crippen LogP contribution in [0.25, 0.3) is 10.9 Å². The fraction of sp³-hybridized carbons (Fsp3) is 0.500. The van der Waals surface area contributed by atoms with Gasteiger partial charge in [0.2, 0.25) is 5.91 Å². The fourth-order valence-corrected chi connectivity index (χ4v) is 7.71. The molecule has 4 aliphatic heterocycles. The van der Waals surface area contributed by atoms with Crippen molar-refractivity contribution in [1.82, 2.24) is 9.88 Å². The van der Waals surface area contributed by atoms with Gasteiger partial charge in [-0.05, 0) is 30.9 Å². The minimum absolute atomic E-state index is 0.0457. The second-order valence-corrected chi connectivity index (χ2v) is 9.43. The second-order valence-electron chi connectivity index (χ2n) is 8.09. The molecule has 2 aromatic rings. The van der Waals surface area contributed by atoms with E-state index in [0.29, 0.717) is 13.0 Å². The first-order valence-corrected chi connectivity index (χ1v) is 10.6. The molecule has 7 rings (SSSR count). The van der Waals surface area contributed by atoms with E-state index >= 15 is 0 Å². The number of aromatic nitrogens is 1. The van der Waals surface area contributed by atoms with E-state index in [0.717, 1.165) is 24.1 Å². The topological polar surface area (TPSA) is 62.4 Å². The molecule has 1 saturated carbocycles. The highest BCUT2D eigenvalue weighted by Crippen LogP contribution is 2.64. The molecule has 5 unspecified atom stereocenters. The Labute approximate surface area is 164 Å². The quantitative estimate of drug-likeness (QED) is 0.403. The van der Waals surface area contributed by atoms with E-state index in [9.17, 15) is 9.59 Å². The Balaban J connectivity index is 1.71. The van der Waals surface area contributed by atoms with E-state index in [1.807, 2.05) is 17.0 Å². The Hall–Kier alpha value is -1.57. The van der Waals surface area contributed by atoms with E-state index in [1.54, 1.807) is 0 Å². The van der Waals surface area contributed by atoms with Gasteiger partial charge in [0, 0.05) is 23.1 Å². The maximum atomic E-state index is 13.4. The molecule has 5 heterocycles. The van der Waals surface area contributed by atoms with Crippen LogP contribution in [0.3, 0.4) is 0 Å². The van der Waals surface area contributed by atoms with Crippen LogP contribution in [0.1, 0.15) is 31.0 Å². The van der Waals surface area contributed by atoms with Crippen molar-refractivity contribution in [2.45, 2.75) is 47.2 Å². The van der Waals surface area contributed by atoms with Gasteiger partial charge in [-0.3, -0.25) is 9.59 Å². The number of carbonyl (C=O) groups is 2. The van der Waals surface area contributed by atoms with Crippen LogP contribution in [0.15, 0.2) is 24.3 Å². The number of carbonyl (C=O) groups excluding carboxylic acids is 2. The monoisotopic (exact) mass is 462 g/mol. The van der Waals surface area contributed by atoms with Crippen LogP contribution >= 0.6 is 22.6 Å². The van der Waals surface area contributed by atoms with E-state index in [-0.39, 0.29) is 27.8 Å². The third kappa shape index (κ3) is 1.41.